The summed E-state index contributed by atoms with van der Waals surface area (Å²) >= 11 is 0. The van der Waals surface area contributed by atoms with Crippen molar-refractivity contribution in [2.24, 2.45) is 5.92 Å². The van der Waals surface area contributed by atoms with Crippen molar-refractivity contribution in [2.75, 3.05) is 6.61 Å². The van der Waals surface area contributed by atoms with Crippen LogP contribution < -0.4 is 0 Å². The van der Waals surface area contributed by atoms with Crippen LogP contribution in [0.25, 0.3) is 0 Å². The molecule has 2 atom stereocenters. The van der Waals surface area contributed by atoms with E-state index in [0.29, 0.717) is 12.5 Å². The van der Waals surface area contributed by atoms with Crippen LogP contribution in [0.4, 0.5) is 0 Å². The summed E-state index contributed by atoms with van der Waals surface area (Å²) < 4.78 is 11.1. The summed E-state index contributed by atoms with van der Waals surface area (Å²) in [6.45, 7) is 10.2. The third-order valence-electron chi connectivity index (χ3n) is 2.52. The highest BCUT2D eigenvalue weighted by atomic mass is 16.7. The summed E-state index contributed by atoms with van der Waals surface area (Å²) in [5.74, 6) is -0.0941. The fourth-order valence-corrected chi connectivity index (χ4v) is 1.95. The first-order chi connectivity index (χ1) is 6.23. The summed E-state index contributed by atoms with van der Waals surface area (Å²) in [6.07, 6.45) is 0.525. The van der Waals surface area contributed by atoms with Crippen LogP contribution in [0.5, 0.6) is 0 Å². The van der Waals surface area contributed by atoms with Crippen molar-refractivity contribution >= 4 is 0 Å². The molecule has 84 valence electrons. The first kappa shape index (κ1) is 12.0. The molecule has 0 saturated carbocycles. The highest BCUT2D eigenvalue weighted by Crippen LogP contribution is 2.32. The minimum atomic E-state index is -0.790. The molecule has 14 heavy (non-hydrogen) atoms. The molecule has 0 spiro atoms. The van der Waals surface area contributed by atoms with E-state index in [1.807, 2.05) is 20.8 Å². The predicted molar refractivity (Wildman–Crippen MR) is 55.0 cm³/mol. The Morgan fingerprint density at radius 2 is 2.07 bits per heavy atom. The van der Waals surface area contributed by atoms with Gasteiger partial charge in [0.2, 0.25) is 0 Å². The second-order valence-corrected chi connectivity index (χ2v) is 5.27. The van der Waals surface area contributed by atoms with Gasteiger partial charge in [-0.25, -0.2) is 0 Å². The summed E-state index contributed by atoms with van der Waals surface area (Å²) in [7, 11) is 0. The minimum Gasteiger partial charge on any atom is -0.387 e. The average Bonchev–Trinajstić information content (AvgIpc) is 2.27. The molecule has 0 aromatic heterocycles. The SMILES string of the molecule is CC(C)CC(C)(O)[C@H]1COC(C)(C)O1. The fourth-order valence-electron chi connectivity index (χ4n) is 1.95. The van der Waals surface area contributed by atoms with Crippen LogP contribution in [0.2, 0.25) is 0 Å². The number of hydrogen-bond donors (Lipinski definition) is 1. The maximum absolute atomic E-state index is 10.2. The van der Waals surface area contributed by atoms with E-state index in [2.05, 4.69) is 13.8 Å². The zero-order valence-corrected chi connectivity index (χ0v) is 9.83. The van der Waals surface area contributed by atoms with Gasteiger partial charge in [0.15, 0.2) is 5.79 Å². The molecule has 1 aliphatic rings. The lowest BCUT2D eigenvalue weighted by molar-refractivity contribution is -0.169. The average molecular weight is 202 g/mol. The van der Waals surface area contributed by atoms with Crippen LogP contribution in [-0.4, -0.2) is 29.2 Å². The van der Waals surface area contributed by atoms with Gasteiger partial charge < -0.3 is 14.6 Å². The van der Waals surface area contributed by atoms with Gasteiger partial charge in [0, 0.05) is 0 Å². The van der Waals surface area contributed by atoms with Gasteiger partial charge >= 0.3 is 0 Å². The maximum Gasteiger partial charge on any atom is 0.163 e. The normalized spacial score (nSPS) is 30.6. The molecule has 0 aliphatic carbocycles. The molecule has 0 aromatic rings. The molecule has 0 aromatic carbocycles. The first-order valence-corrected chi connectivity index (χ1v) is 5.27. The highest BCUT2D eigenvalue weighted by molar-refractivity contribution is 4.88. The Morgan fingerprint density at radius 1 is 1.50 bits per heavy atom. The summed E-state index contributed by atoms with van der Waals surface area (Å²) in [4.78, 5) is 0. The Bertz CT molecular complexity index is 197. The third-order valence-corrected chi connectivity index (χ3v) is 2.52. The molecule has 1 N–H and O–H groups in total. The molecule has 1 heterocycles. The molecule has 1 rings (SSSR count). The van der Waals surface area contributed by atoms with E-state index in [1.165, 1.54) is 0 Å². The van der Waals surface area contributed by atoms with Gasteiger partial charge in [-0.3, -0.25) is 0 Å². The lowest BCUT2D eigenvalue weighted by Gasteiger charge is -2.31. The molecular weight excluding hydrogens is 180 g/mol. The third kappa shape index (κ3) is 2.94. The number of ether oxygens (including phenoxy) is 2. The first-order valence-electron chi connectivity index (χ1n) is 5.27. The monoisotopic (exact) mass is 202 g/mol. The van der Waals surface area contributed by atoms with Crippen molar-refractivity contribution in [3.05, 3.63) is 0 Å². The standard InChI is InChI=1S/C11H22O3/c1-8(2)6-11(5,12)9-7-13-10(3,4)14-9/h8-9,12H,6-7H2,1-5H3/t9-,11?/m1/s1. The van der Waals surface area contributed by atoms with E-state index >= 15 is 0 Å². The Kier molecular flexibility index (Phi) is 3.24. The van der Waals surface area contributed by atoms with Gasteiger partial charge in [-0.1, -0.05) is 13.8 Å². The van der Waals surface area contributed by atoms with Crippen LogP contribution in [-0.2, 0) is 9.47 Å². The second-order valence-electron chi connectivity index (χ2n) is 5.27. The van der Waals surface area contributed by atoms with Gasteiger partial charge in [-0.05, 0) is 33.1 Å². The minimum absolute atomic E-state index is 0.208. The van der Waals surface area contributed by atoms with E-state index < -0.39 is 11.4 Å². The second kappa shape index (κ2) is 3.80. The number of rotatable bonds is 3. The number of hydrogen-bond acceptors (Lipinski definition) is 3. The van der Waals surface area contributed by atoms with Crippen molar-refractivity contribution in [3.8, 4) is 0 Å². The smallest absolute Gasteiger partial charge is 0.163 e. The number of aliphatic hydroxyl groups is 1. The van der Waals surface area contributed by atoms with Crippen LogP contribution in [0, 0.1) is 5.92 Å². The van der Waals surface area contributed by atoms with E-state index in [-0.39, 0.29) is 6.10 Å². The Morgan fingerprint density at radius 3 is 2.43 bits per heavy atom. The Hall–Kier alpha value is -0.120. The quantitative estimate of drug-likeness (QED) is 0.760. The van der Waals surface area contributed by atoms with Gasteiger partial charge in [0.1, 0.15) is 6.10 Å². The van der Waals surface area contributed by atoms with Gasteiger partial charge in [-0.2, -0.15) is 0 Å². The zero-order chi connectivity index (χ0) is 11.0. The molecule has 3 nitrogen and oxygen atoms in total. The van der Waals surface area contributed by atoms with Crippen molar-refractivity contribution in [2.45, 2.75) is 58.5 Å². The van der Waals surface area contributed by atoms with E-state index in [9.17, 15) is 5.11 Å². The highest BCUT2D eigenvalue weighted by Gasteiger charge is 2.43. The molecule has 1 aliphatic heterocycles. The summed E-state index contributed by atoms with van der Waals surface area (Å²) in [5.41, 5.74) is -0.790. The molecule has 1 saturated heterocycles. The molecule has 0 amide bonds. The Labute approximate surface area is 86.4 Å². The lowest BCUT2D eigenvalue weighted by atomic mass is 9.89. The van der Waals surface area contributed by atoms with E-state index in [4.69, 9.17) is 9.47 Å². The van der Waals surface area contributed by atoms with E-state index in [0.717, 1.165) is 6.42 Å². The van der Waals surface area contributed by atoms with Crippen molar-refractivity contribution in [1.82, 2.24) is 0 Å². The summed E-state index contributed by atoms with van der Waals surface area (Å²) in [5, 5.41) is 10.2. The van der Waals surface area contributed by atoms with E-state index in [1.54, 1.807) is 0 Å². The Balaban J connectivity index is 2.57. The molecule has 3 heteroatoms. The van der Waals surface area contributed by atoms with Crippen molar-refractivity contribution < 1.29 is 14.6 Å². The summed E-state index contributed by atoms with van der Waals surface area (Å²) in [6, 6.07) is 0. The van der Waals surface area contributed by atoms with Gasteiger partial charge in [0.05, 0.1) is 12.2 Å². The maximum atomic E-state index is 10.2. The van der Waals surface area contributed by atoms with Crippen molar-refractivity contribution in [3.63, 3.8) is 0 Å². The molecule has 0 bridgehead atoms. The molecule has 0 radical (unpaired) electrons. The topological polar surface area (TPSA) is 38.7 Å². The largest absolute Gasteiger partial charge is 0.387 e. The molecule has 1 unspecified atom stereocenters. The lowest BCUT2D eigenvalue weighted by Crippen LogP contribution is -2.43. The van der Waals surface area contributed by atoms with Crippen molar-refractivity contribution in [1.29, 1.82) is 0 Å². The fraction of sp³-hybridized carbons (Fsp3) is 1.00. The zero-order valence-electron chi connectivity index (χ0n) is 9.83. The van der Waals surface area contributed by atoms with Crippen LogP contribution in [0.1, 0.15) is 41.0 Å². The van der Waals surface area contributed by atoms with Gasteiger partial charge in [-0.15, -0.1) is 0 Å². The predicted octanol–water partition coefficient (Wildman–Crippen LogP) is 1.93. The van der Waals surface area contributed by atoms with Gasteiger partial charge in [0.25, 0.3) is 0 Å². The van der Waals surface area contributed by atoms with Crippen LogP contribution in [0.15, 0.2) is 0 Å². The van der Waals surface area contributed by atoms with Crippen LogP contribution >= 0.6 is 0 Å². The van der Waals surface area contributed by atoms with Crippen LogP contribution in [0.3, 0.4) is 0 Å². The molecule has 1 fully saturated rings. The molecular formula is C11H22O3.